The third kappa shape index (κ3) is 3.04. The number of hydrogen-bond acceptors (Lipinski definition) is 4. The second-order valence-corrected chi connectivity index (χ2v) is 4.99. The molecule has 9 heteroatoms. The Hall–Kier alpha value is -2.81. The Morgan fingerprint density at radius 1 is 1.35 bits per heavy atom. The summed E-state index contributed by atoms with van der Waals surface area (Å²) in [4.78, 5) is 19.1. The summed E-state index contributed by atoms with van der Waals surface area (Å²) in [5.74, 6) is -0.194. The van der Waals surface area contributed by atoms with Crippen LogP contribution >= 0.6 is 0 Å². The Bertz CT molecular complexity index is 856. The van der Waals surface area contributed by atoms with Crippen molar-refractivity contribution in [2.45, 2.75) is 19.5 Å². The molecule has 3 rings (SSSR count). The molecular weight excluding hydrogens is 308 g/mol. The maximum Gasteiger partial charge on any atom is 0.279 e. The lowest BCUT2D eigenvalue weighted by atomic mass is 10.2. The summed E-state index contributed by atoms with van der Waals surface area (Å²) in [5.41, 5.74) is 1.17. The zero-order valence-corrected chi connectivity index (χ0v) is 12.0. The molecular formula is C14H13F2N5O2. The number of anilines is 1. The minimum atomic E-state index is -2.72. The van der Waals surface area contributed by atoms with Crippen molar-refractivity contribution >= 4 is 22.6 Å². The molecule has 2 aromatic heterocycles. The quantitative estimate of drug-likeness (QED) is 0.592. The van der Waals surface area contributed by atoms with Crippen LogP contribution in [0, 0.1) is 0 Å². The third-order valence-electron chi connectivity index (χ3n) is 3.22. The number of hydrogen-bond donors (Lipinski definition) is 4. The van der Waals surface area contributed by atoms with E-state index >= 15 is 0 Å². The minimum Gasteiger partial charge on any atom is -0.385 e. The highest BCUT2D eigenvalue weighted by molar-refractivity contribution is 6.03. The Kier molecular flexibility index (Phi) is 3.78. The topological polar surface area (TPSA) is 107 Å². The molecule has 23 heavy (non-hydrogen) atoms. The van der Waals surface area contributed by atoms with Gasteiger partial charge in [0, 0.05) is 5.69 Å². The van der Waals surface area contributed by atoms with Gasteiger partial charge in [0.05, 0.1) is 11.0 Å². The van der Waals surface area contributed by atoms with Crippen LogP contribution in [0.4, 0.5) is 14.5 Å². The number of nitrogens with one attached hydrogen (secondary N) is 3. The van der Waals surface area contributed by atoms with Crippen molar-refractivity contribution in [2.75, 3.05) is 5.32 Å². The highest BCUT2D eigenvalue weighted by Gasteiger charge is 2.16. The molecule has 1 amide bonds. The van der Waals surface area contributed by atoms with Crippen LogP contribution in [-0.4, -0.2) is 31.2 Å². The zero-order valence-electron chi connectivity index (χ0n) is 12.0. The van der Waals surface area contributed by atoms with E-state index in [9.17, 15) is 18.7 Å². The van der Waals surface area contributed by atoms with Gasteiger partial charge in [-0.1, -0.05) is 0 Å². The van der Waals surface area contributed by atoms with Gasteiger partial charge in [-0.25, -0.2) is 13.8 Å². The molecule has 1 atom stereocenters. The average Bonchev–Trinajstić information content (AvgIpc) is 3.13. The first-order valence-electron chi connectivity index (χ1n) is 6.76. The number of H-pyrrole nitrogens is 2. The lowest BCUT2D eigenvalue weighted by Gasteiger charge is -2.02. The number of nitrogens with zero attached hydrogens (tertiary/aromatic N) is 2. The maximum atomic E-state index is 12.5. The van der Waals surface area contributed by atoms with E-state index in [1.54, 1.807) is 25.1 Å². The summed E-state index contributed by atoms with van der Waals surface area (Å²) < 4.78 is 25.0. The van der Waals surface area contributed by atoms with Gasteiger partial charge < -0.3 is 15.4 Å². The summed E-state index contributed by atoms with van der Waals surface area (Å²) in [6.45, 7) is 1.58. The van der Waals surface area contributed by atoms with E-state index in [-0.39, 0.29) is 5.69 Å². The second kappa shape index (κ2) is 5.76. The van der Waals surface area contributed by atoms with E-state index in [1.165, 1.54) is 0 Å². The number of alkyl halides is 2. The number of aromatic amines is 2. The van der Waals surface area contributed by atoms with Crippen LogP contribution in [0.1, 0.15) is 41.5 Å². The van der Waals surface area contributed by atoms with Crippen LogP contribution in [-0.2, 0) is 0 Å². The molecule has 0 aliphatic heterocycles. The van der Waals surface area contributed by atoms with E-state index in [4.69, 9.17) is 0 Å². The summed E-state index contributed by atoms with van der Waals surface area (Å²) >= 11 is 0. The number of rotatable bonds is 4. The van der Waals surface area contributed by atoms with Crippen molar-refractivity contribution in [3.8, 4) is 0 Å². The van der Waals surface area contributed by atoms with Gasteiger partial charge in [0.1, 0.15) is 17.6 Å². The molecule has 0 aliphatic carbocycles. The van der Waals surface area contributed by atoms with Crippen LogP contribution in [0.3, 0.4) is 0 Å². The van der Waals surface area contributed by atoms with Crippen LogP contribution in [0.5, 0.6) is 0 Å². The average molecular weight is 321 g/mol. The molecule has 120 valence electrons. The van der Waals surface area contributed by atoms with Crippen molar-refractivity contribution in [3.63, 3.8) is 0 Å². The van der Waals surface area contributed by atoms with E-state index in [0.29, 0.717) is 22.5 Å². The fourth-order valence-electron chi connectivity index (χ4n) is 2.06. The molecule has 1 unspecified atom stereocenters. The van der Waals surface area contributed by atoms with Gasteiger partial charge in [0.15, 0.2) is 5.69 Å². The number of aromatic nitrogens is 4. The zero-order chi connectivity index (χ0) is 16.6. The fourth-order valence-corrected chi connectivity index (χ4v) is 2.06. The first kappa shape index (κ1) is 15.1. The van der Waals surface area contributed by atoms with E-state index < -0.39 is 24.1 Å². The number of aliphatic hydroxyl groups excluding tert-OH is 1. The number of imidazole rings is 1. The van der Waals surface area contributed by atoms with Gasteiger partial charge in [-0.2, -0.15) is 5.10 Å². The predicted molar refractivity (Wildman–Crippen MR) is 78.2 cm³/mol. The summed E-state index contributed by atoms with van der Waals surface area (Å²) in [6.07, 6.45) is -3.46. The largest absolute Gasteiger partial charge is 0.385 e. The van der Waals surface area contributed by atoms with E-state index in [1.807, 2.05) is 0 Å². The van der Waals surface area contributed by atoms with Crippen LogP contribution in [0.2, 0.25) is 0 Å². The van der Waals surface area contributed by atoms with Crippen LogP contribution in [0.15, 0.2) is 24.3 Å². The first-order valence-corrected chi connectivity index (χ1v) is 6.76. The molecule has 0 spiro atoms. The lowest BCUT2D eigenvalue weighted by Crippen LogP contribution is -2.12. The molecule has 0 bridgehead atoms. The van der Waals surface area contributed by atoms with Crippen molar-refractivity contribution in [1.82, 2.24) is 20.2 Å². The lowest BCUT2D eigenvalue weighted by molar-refractivity contribution is 0.102. The van der Waals surface area contributed by atoms with Gasteiger partial charge in [-0.15, -0.1) is 0 Å². The standard InChI is InChI=1S/C14H13F2N5O2/c1-6(22)13-18-8-3-2-7(4-9(8)19-13)17-14(23)11-5-10(12(15)16)20-21-11/h2-6,12,22H,1H3,(H,17,23)(H,18,19)(H,20,21). The number of halogens is 2. The molecule has 2 heterocycles. The molecule has 7 nitrogen and oxygen atoms in total. The molecule has 0 saturated heterocycles. The van der Waals surface area contributed by atoms with E-state index in [2.05, 4.69) is 25.5 Å². The summed E-state index contributed by atoms with van der Waals surface area (Å²) in [6, 6.07) is 5.92. The van der Waals surface area contributed by atoms with Crippen molar-refractivity contribution in [1.29, 1.82) is 0 Å². The van der Waals surface area contributed by atoms with Crippen molar-refractivity contribution < 1.29 is 18.7 Å². The first-order chi connectivity index (χ1) is 10.9. The molecule has 3 aromatic rings. The van der Waals surface area contributed by atoms with Gasteiger partial charge in [-0.05, 0) is 31.2 Å². The van der Waals surface area contributed by atoms with Crippen LogP contribution in [0.25, 0.3) is 11.0 Å². The number of benzene rings is 1. The molecule has 0 aliphatic rings. The highest BCUT2D eigenvalue weighted by atomic mass is 19.3. The molecule has 0 fully saturated rings. The number of aliphatic hydroxyl groups is 1. The van der Waals surface area contributed by atoms with Gasteiger partial charge in [-0.3, -0.25) is 9.89 Å². The summed E-state index contributed by atoms with van der Waals surface area (Å²) in [5, 5.41) is 17.7. The van der Waals surface area contributed by atoms with Crippen molar-refractivity contribution in [2.24, 2.45) is 0 Å². The van der Waals surface area contributed by atoms with Crippen molar-refractivity contribution in [3.05, 3.63) is 41.5 Å². The number of amides is 1. The highest BCUT2D eigenvalue weighted by Crippen LogP contribution is 2.21. The maximum absolute atomic E-state index is 12.5. The number of carbonyl (C=O) groups is 1. The Morgan fingerprint density at radius 2 is 2.13 bits per heavy atom. The molecule has 1 aromatic carbocycles. The van der Waals surface area contributed by atoms with E-state index in [0.717, 1.165) is 6.07 Å². The minimum absolute atomic E-state index is 0.130. The Balaban J connectivity index is 1.81. The smallest absolute Gasteiger partial charge is 0.279 e. The van der Waals surface area contributed by atoms with Gasteiger partial charge >= 0.3 is 0 Å². The second-order valence-electron chi connectivity index (χ2n) is 4.99. The SMILES string of the molecule is CC(O)c1nc2ccc(NC(=O)c3cc(C(F)F)[nH]n3)cc2[nH]1. The normalized spacial score (nSPS) is 12.7. The Morgan fingerprint density at radius 3 is 2.78 bits per heavy atom. The summed E-state index contributed by atoms with van der Waals surface area (Å²) in [7, 11) is 0. The molecule has 0 saturated carbocycles. The van der Waals surface area contributed by atoms with Crippen LogP contribution < -0.4 is 5.32 Å². The molecule has 0 radical (unpaired) electrons. The predicted octanol–water partition coefficient (Wildman–Crippen LogP) is 2.53. The third-order valence-corrected chi connectivity index (χ3v) is 3.22. The van der Waals surface area contributed by atoms with Gasteiger partial charge in [0.2, 0.25) is 0 Å². The molecule has 4 N–H and O–H groups in total. The fraction of sp³-hybridized carbons (Fsp3) is 0.214. The number of carbonyl (C=O) groups excluding carboxylic acids is 1. The van der Waals surface area contributed by atoms with Gasteiger partial charge in [0.25, 0.3) is 12.3 Å². The monoisotopic (exact) mass is 321 g/mol. The Labute approximate surface area is 128 Å². The number of fused-ring (bicyclic) bond motifs is 1.